The summed E-state index contributed by atoms with van der Waals surface area (Å²) in [6.45, 7) is 0.450. The van der Waals surface area contributed by atoms with Gasteiger partial charge in [-0.2, -0.15) is 0 Å². The van der Waals surface area contributed by atoms with Gasteiger partial charge in [-0.3, -0.25) is 9.59 Å². The Bertz CT molecular complexity index is 938. The van der Waals surface area contributed by atoms with Gasteiger partial charge in [0.05, 0.1) is 16.6 Å². The summed E-state index contributed by atoms with van der Waals surface area (Å²) in [6.07, 6.45) is 0.599. The first-order valence-corrected chi connectivity index (χ1v) is 8.46. The SMILES string of the molecule is O=C(CCNC(=O)c1ccc(F)cc1F)NCCc1nc2ccccc2[nH]1. The summed E-state index contributed by atoms with van der Waals surface area (Å²) in [4.78, 5) is 31.2. The first kappa shape index (κ1) is 18.5. The number of rotatable bonds is 7. The molecule has 140 valence electrons. The van der Waals surface area contributed by atoms with Gasteiger partial charge < -0.3 is 15.6 Å². The molecule has 0 radical (unpaired) electrons. The summed E-state index contributed by atoms with van der Waals surface area (Å²) in [7, 11) is 0. The number of carbonyl (C=O) groups excluding carboxylic acids is 2. The van der Waals surface area contributed by atoms with Gasteiger partial charge >= 0.3 is 0 Å². The number of hydrogen-bond acceptors (Lipinski definition) is 3. The highest BCUT2D eigenvalue weighted by Gasteiger charge is 2.12. The molecule has 27 heavy (non-hydrogen) atoms. The van der Waals surface area contributed by atoms with E-state index < -0.39 is 17.5 Å². The van der Waals surface area contributed by atoms with Gasteiger partial charge in [0.15, 0.2) is 0 Å². The van der Waals surface area contributed by atoms with E-state index in [1.165, 1.54) is 0 Å². The third kappa shape index (κ3) is 4.87. The molecule has 3 N–H and O–H groups in total. The molecule has 0 saturated heterocycles. The number of carbonyl (C=O) groups is 2. The predicted octanol–water partition coefficient (Wildman–Crippen LogP) is 2.32. The number of halogens is 2. The Morgan fingerprint density at radius 3 is 2.63 bits per heavy atom. The van der Waals surface area contributed by atoms with Gasteiger partial charge in [0.1, 0.15) is 17.5 Å². The molecule has 0 spiro atoms. The fourth-order valence-electron chi connectivity index (χ4n) is 2.59. The molecule has 2 amide bonds. The number of fused-ring (bicyclic) bond motifs is 1. The minimum Gasteiger partial charge on any atom is -0.356 e. The lowest BCUT2D eigenvalue weighted by molar-refractivity contribution is -0.120. The highest BCUT2D eigenvalue weighted by Crippen LogP contribution is 2.10. The molecule has 6 nitrogen and oxygen atoms in total. The molecule has 2 aromatic carbocycles. The summed E-state index contributed by atoms with van der Waals surface area (Å²) in [5.74, 6) is -1.86. The molecule has 0 unspecified atom stereocenters. The second kappa shape index (κ2) is 8.39. The van der Waals surface area contributed by atoms with E-state index in [1.54, 1.807) is 0 Å². The van der Waals surface area contributed by atoms with Crippen molar-refractivity contribution in [3.8, 4) is 0 Å². The largest absolute Gasteiger partial charge is 0.356 e. The number of hydrogen-bond donors (Lipinski definition) is 3. The monoisotopic (exact) mass is 372 g/mol. The minimum absolute atomic E-state index is 0.0477. The Hall–Kier alpha value is -3.29. The van der Waals surface area contributed by atoms with Gasteiger partial charge in [0.2, 0.25) is 5.91 Å². The second-order valence-corrected chi connectivity index (χ2v) is 5.93. The Labute approximate surface area is 154 Å². The van der Waals surface area contributed by atoms with Crippen molar-refractivity contribution in [2.45, 2.75) is 12.8 Å². The number of imidazole rings is 1. The average molecular weight is 372 g/mol. The van der Waals surface area contributed by atoms with Crippen LogP contribution in [0.4, 0.5) is 8.78 Å². The number of H-pyrrole nitrogens is 1. The van der Waals surface area contributed by atoms with Crippen LogP contribution in [0.1, 0.15) is 22.6 Å². The van der Waals surface area contributed by atoms with Gasteiger partial charge in [0.25, 0.3) is 5.91 Å². The van der Waals surface area contributed by atoms with Crippen molar-refractivity contribution < 1.29 is 18.4 Å². The molecule has 3 rings (SSSR count). The number of para-hydroxylation sites is 2. The number of aromatic nitrogens is 2. The van der Waals surface area contributed by atoms with Crippen molar-refractivity contribution in [2.75, 3.05) is 13.1 Å². The molecule has 0 saturated carbocycles. The van der Waals surface area contributed by atoms with E-state index in [9.17, 15) is 18.4 Å². The van der Waals surface area contributed by atoms with Gasteiger partial charge in [0, 0.05) is 32.0 Å². The zero-order valence-electron chi connectivity index (χ0n) is 14.4. The van der Waals surface area contributed by atoms with Crippen LogP contribution in [0.3, 0.4) is 0 Å². The maximum Gasteiger partial charge on any atom is 0.254 e. The van der Waals surface area contributed by atoms with Crippen LogP contribution in [0, 0.1) is 11.6 Å². The van der Waals surface area contributed by atoms with Crippen LogP contribution < -0.4 is 10.6 Å². The van der Waals surface area contributed by atoms with Crippen molar-refractivity contribution in [3.63, 3.8) is 0 Å². The molecule has 0 atom stereocenters. The molecule has 0 fully saturated rings. The van der Waals surface area contributed by atoms with Crippen LogP contribution >= 0.6 is 0 Å². The Morgan fingerprint density at radius 1 is 1.04 bits per heavy atom. The molecule has 0 aliphatic carbocycles. The van der Waals surface area contributed by atoms with Gasteiger partial charge in [-0.25, -0.2) is 13.8 Å². The van der Waals surface area contributed by atoms with Gasteiger partial charge in [-0.15, -0.1) is 0 Å². The Balaban J connectivity index is 1.38. The zero-order valence-corrected chi connectivity index (χ0v) is 14.4. The number of amides is 2. The molecule has 1 heterocycles. The lowest BCUT2D eigenvalue weighted by atomic mass is 10.2. The summed E-state index contributed by atoms with van der Waals surface area (Å²) in [6, 6.07) is 10.4. The lowest BCUT2D eigenvalue weighted by Crippen LogP contribution is -2.32. The summed E-state index contributed by atoms with van der Waals surface area (Å²) >= 11 is 0. The maximum absolute atomic E-state index is 13.5. The van der Waals surface area contributed by atoms with E-state index in [1.807, 2.05) is 24.3 Å². The van der Waals surface area contributed by atoms with E-state index in [4.69, 9.17) is 0 Å². The van der Waals surface area contributed by atoms with E-state index in [0.717, 1.165) is 29.0 Å². The highest BCUT2D eigenvalue weighted by atomic mass is 19.1. The van der Waals surface area contributed by atoms with Crippen LogP contribution in [-0.2, 0) is 11.2 Å². The van der Waals surface area contributed by atoms with Crippen LogP contribution in [0.2, 0.25) is 0 Å². The Kier molecular flexibility index (Phi) is 5.75. The Morgan fingerprint density at radius 2 is 1.85 bits per heavy atom. The number of aromatic amines is 1. The smallest absolute Gasteiger partial charge is 0.254 e. The van der Waals surface area contributed by atoms with Crippen molar-refractivity contribution in [2.24, 2.45) is 0 Å². The number of nitrogens with zero attached hydrogens (tertiary/aromatic N) is 1. The predicted molar refractivity (Wildman–Crippen MR) is 96.1 cm³/mol. The molecular formula is C19H18F2N4O2. The summed E-state index contributed by atoms with van der Waals surface area (Å²) in [5, 5.41) is 5.17. The molecule has 0 bridgehead atoms. The summed E-state index contributed by atoms with van der Waals surface area (Å²) < 4.78 is 26.3. The van der Waals surface area contributed by atoms with Gasteiger partial charge in [-0.05, 0) is 24.3 Å². The van der Waals surface area contributed by atoms with Crippen molar-refractivity contribution in [3.05, 3.63) is 65.5 Å². The van der Waals surface area contributed by atoms with E-state index in [2.05, 4.69) is 20.6 Å². The van der Waals surface area contributed by atoms with Crippen molar-refractivity contribution in [1.82, 2.24) is 20.6 Å². The third-order valence-corrected chi connectivity index (χ3v) is 3.94. The standard InChI is InChI=1S/C19H18F2N4O2/c20-12-5-6-13(14(21)11-12)19(27)23-10-8-18(26)22-9-7-17-24-15-3-1-2-4-16(15)25-17/h1-6,11H,7-10H2,(H,22,26)(H,23,27)(H,24,25). The first-order chi connectivity index (χ1) is 13.0. The van der Waals surface area contributed by atoms with Crippen LogP contribution in [-0.4, -0.2) is 34.9 Å². The van der Waals surface area contributed by atoms with Crippen LogP contribution in [0.15, 0.2) is 42.5 Å². The average Bonchev–Trinajstić information content (AvgIpc) is 3.04. The van der Waals surface area contributed by atoms with Gasteiger partial charge in [-0.1, -0.05) is 12.1 Å². The quantitative estimate of drug-likeness (QED) is 0.595. The second-order valence-electron chi connectivity index (χ2n) is 5.93. The fourth-order valence-corrected chi connectivity index (χ4v) is 2.59. The normalized spacial score (nSPS) is 10.7. The maximum atomic E-state index is 13.5. The van der Waals surface area contributed by atoms with E-state index in [0.29, 0.717) is 19.0 Å². The van der Waals surface area contributed by atoms with Crippen LogP contribution in [0.25, 0.3) is 11.0 Å². The zero-order chi connectivity index (χ0) is 19.2. The molecule has 1 aromatic heterocycles. The van der Waals surface area contributed by atoms with E-state index in [-0.39, 0.29) is 24.4 Å². The minimum atomic E-state index is -0.942. The molecule has 0 aliphatic heterocycles. The summed E-state index contributed by atoms with van der Waals surface area (Å²) in [5.41, 5.74) is 1.55. The van der Waals surface area contributed by atoms with Crippen molar-refractivity contribution >= 4 is 22.8 Å². The van der Waals surface area contributed by atoms with Crippen molar-refractivity contribution in [1.29, 1.82) is 0 Å². The molecular weight excluding hydrogens is 354 g/mol. The number of nitrogens with one attached hydrogen (secondary N) is 3. The lowest BCUT2D eigenvalue weighted by Gasteiger charge is -2.07. The molecule has 0 aliphatic rings. The highest BCUT2D eigenvalue weighted by molar-refractivity contribution is 5.94. The number of benzene rings is 2. The first-order valence-electron chi connectivity index (χ1n) is 8.46. The topological polar surface area (TPSA) is 86.9 Å². The molecule has 3 aromatic rings. The fraction of sp³-hybridized carbons (Fsp3) is 0.211. The van der Waals surface area contributed by atoms with E-state index >= 15 is 0 Å². The molecule has 8 heteroatoms. The third-order valence-electron chi connectivity index (χ3n) is 3.94. The van der Waals surface area contributed by atoms with Crippen LogP contribution in [0.5, 0.6) is 0 Å².